The fourth-order valence-corrected chi connectivity index (χ4v) is 4.08. The summed E-state index contributed by atoms with van der Waals surface area (Å²) in [5.74, 6) is 0.108. The number of phenolic OH excluding ortho intramolecular Hbond substituents is 1. The second-order valence-electron chi connectivity index (χ2n) is 6.69. The molecular formula is C21H20BrN3O2. The molecule has 27 heavy (non-hydrogen) atoms. The van der Waals surface area contributed by atoms with E-state index in [0.29, 0.717) is 23.5 Å². The summed E-state index contributed by atoms with van der Waals surface area (Å²) in [7, 11) is 0. The van der Waals surface area contributed by atoms with E-state index in [1.807, 2.05) is 41.3 Å². The number of aromatic hydroxyl groups is 1. The molecule has 0 radical (unpaired) electrons. The molecule has 2 N–H and O–H groups in total. The molecule has 4 rings (SSSR count). The normalized spacial score (nSPS) is 16.0. The molecule has 138 valence electrons. The molecule has 0 bridgehead atoms. The molecule has 1 aliphatic heterocycles. The van der Waals surface area contributed by atoms with Crippen molar-refractivity contribution in [1.82, 2.24) is 15.1 Å². The Balaban J connectivity index is 1.89. The van der Waals surface area contributed by atoms with E-state index in [-0.39, 0.29) is 17.7 Å². The first-order chi connectivity index (χ1) is 13.1. The first kappa shape index (κ1) is 17.8. The van der Waals surface area contributed by atoms with Crippen LogP contribution < -0.4 is 0 Å². The standard InChI is InChI=1S/C21H20BrN3O2/c1-2-3-11-25-20(13-7-6-8-14(22)12-13)17-18(23-24-19(17)21(25)27)15-9-4-5-10-16(15)26/h4-10,12,20,26H,2-3,11H2,1H3,(H,23,24)/t20-/m1/s1. The maximum absolute atomic E-state index is 13.1. The second-order valence-corrected chi connectivity index (χ2v) is 7.60. The molecule has 1 aliphatic rings. The van der Waals surface area contributed by atoms with E-state index in [4.69, 9.17) is 0 Å². The molecule has 1 aromatic heterocycles. The SMILES string of the molecule is CCCCN1C(=O)c2[nH]nc(-c3ccccc3O)c2[C@H]1c1cccc(Br)c1. The van der Waals surface area contributed by atoms with Crippen molar-refractivity contribution in [2.75, 3.05) is 6.54 Å². The topological polar surface area (TPSA) is 69.2 Å². The van der Waals surface area contributed by atoms with Gasteiger partial charge in [0.05, 0.1) is 6.04 Å². The van der Waals surface area contributed by atoms with Crippen molar-refractivity contribution >= 4 is 21.8 Å². The van der Waals surface area contributed by atoms with E-state index in [1.165, 1.54) is 0 Å². The van der Waals surface area contributed by atoms with Crippen LogP contribution in [0.25, 0.3) is 11.3 Å². The molecule has 0 aliphatic carbocycles. The van der Waals surface area contributed by atoms with Crippen LogP contribution in [0.1, 0.15) is 47.4 Å². The maximum atomic E-state index is 13.1. The predicted molar refractivity (Wildman–Crippen MR) is 108 cm³/mol. The van der Waals surface area contributed by atoms with Crippen molar-refractivity contribution in [3.63, 3.8) is 0 Å². The quantitative estimate of drug-likeness (QED) is 0.611. The maximum Gasteiger partial charge on any atom is 0.273 e. The summed E-state index contributed by atoms with van der Waals surface area (Å²) in [5, 5.41) is 17.6. The number of nitrogens with one attached hydrogen (secondary N) is 1. The van der Waals surface area contributed by atoms with Gasteiger partial charge in [0.25, 0.3) is 5.91 Å². The molecule has 3 aromatic rings. The van der Waals surface area contributed by atoms with Crippen molar-refractivity contribution in [3.05, 3.63) is 69.8 Å². The number of aromatic nitrogens is 2. The summed E-state index contributed by atoms with van der Waals surface area (Å²) in [6, 6.07) is 14.9. The van der Waals surface area contributed by atoms with Gasteiger partial charge in [-0.1, -0.05) is 53.5 Å². The lowest BCUT2D eigenvalue weighted by Gasteiger charge is -2.26. The number of fused-ring (bicyclic) bond motifs is 1. The van der Waals surface area contributed by atoms with E-state index in [2.05, 4.69) is 33.1 Å². The zero-order valence-corrected chi connectivity index (χ0v) is 16.5. The van der Waals surface area contributed by atoms with Gasteiger partial charge in [-0.25, -0.2) is 0 Å². The smallest absolute Gasteiger partial charge is 0.273 e. The molecule has 0 saturated carbocycles. The summed E-state index contributed by atoms with van der Waals surface area (Å²) < 4.78 is 0.962. The predicted octanol–water partition coefficient (Wildman–Crippen LogP) is 4.89. The number of para-hydroxylation sites is 1. The average molecular weight is 426 g/mol. The van der Waals surface area contributed by atoms with E-state index in [0.717, 1.165) is 28.4 Å². The summed E-state index contributed by atoms with van der Waals surface area (Å²) in [6.45, 7) is 2.79. The summed E-state index contributed by atoms with van der Waals surface area (Å²) in [6.07, 6.45) is 1.94. The van der Waals surface area contributed by atoms with Crippen LogP contribution in [0.15, 0.2) is 53.0 Å². The van der Waals surface area contributed by atoms with Crippen LogP contribution in [0.5, 0.6) is 5.75 Å². The second kappa shape index (κ2) is 7.19. The molecule has 5 nitrogen and oxygen atoms in total. The van der Waals surface area contributed by atoms with Gasteiger partial charge in [-0.2, -0.15) is 5.10 Å². The van der Waals surface area contributed by atoms with E-state index in [1.54, 1.807) is 12.1 Å². The Morgan fingerprint density at radius 1 is 1.22 bits per heavy atom. The zero-order valence-electron chi connectivity index (χ0n) is 14.9. The Hall–Kier alpha value is -2.60. The van der Waals surface area contributed by atoms with E-state index in [9.17, 15) is 9.90 Å². The highest BCUT2D eigenvalue weighted by molar-refractivity contribution is 9.10. The van der Waals surface area contributed by atoms with Crippen molar-refractivity contribution in [2.45, 2.75) is 25.8 Å². The van der Waals surface area contributed by atoms with E-state index >= 15 is 0 Å². The number of hydrogen-bond donors (Lipinski definition) is 2. The number of nitrogens with zero attached hydrogens (tertiary/aromatic N) is 2. The molecule has 0 fully saturated rings. The van der Waals surface area contributed by atoms with Crippen LogP contribution in [0.3, 0.4) is 0 Å². The van der Waals surface area contributed by atoms with Crippen molar-refractivity contribution in [3.8, 4) is 17.0 Å². The van der Waals surface area contributed by atoms with Gasteiger partial charge in [-0.3, -0.25) is 9.89 Å². The van der Waals surface area contributed by atoms with Gasteiger partial charge >= 0.3 is 0 Å². The van der Waals surface area contributed by atoms with Crippen LogP contribution >= 0.6 is 15.9 Å². The number of hydrogen-bond acceptors (Lipinski definition) is 3. The highest BCUT2D eigenvalue weighted by Crippen LogP contribution is 2.44. The van der Waals surface area contributed by atoms with Crippen molar-refractivity contribution in [2.24, 2.45) is 0 Å². The van der Waals surface area contributed by atoms with Gasteiger partial charge in [-0.05, 0) is 36.2 Å². The summed E-state index contributed by atoms with van der Waals surface area (Å²) >= 11 is 3.54. The lowest BCUT2D eigenvalue weighted by Crippen LogP contribution is -2.30. The Labute approximate surface area is 166 Å². The van der Waals surface area contributed by atoms with Crippen molar-refractivity contribution in [1.29, 1.82) is 0 Å². The Bertz CT molecular complexity index is 999. The van der Waals surface area contributed by atoms with Gasteiger partial charge in [-0.15, -0.1) is 0 Å². The minimum absolute atomic E-state index is 0.0439. The highest BCUT2D eigenvalue weighted by Gasteiger charge is 2.42. The van der Waals surface area contributed by atoms with Gasteiger partial charge in [0, 0.05) is 22.1 Å². The third-order valence-corrected chi connectivity index (χ3v) is 5.43. The van der Waals surface area contributed by atoms with Crippen LogP contribution in [0.2, 0.25) is 0 Å². The van der Waals surface area contributed by atoms with Gasteiger partial charge < -0.3 is 10.0 Å². The Kier molecular flexibility index (Phi) is 4.74. The molecule has 6 heteroatoms. The number of rotatable bonds is 5. The molecule has 2 heterocycles. The molecular weight excluding hydrogens is 406 g/mol. The van der Waals surface area contributed by atoms with Crippen LogP contribution in [0, 0.1) is 0 Å². The van der Waals surface area contributed by atoms with Gasteiger partial charge in [0.2, 0.25) is 0 Å². The number of halogens is 1. The molecule has 2 aromatic carbocycles. The van der Waals surface area contributed by atoms with Gasteiger partial charge in [0.15, 0.2) is 0 Å². The number of amides is 1. The third kappa shape index (κ3) is 3.04. The average Bonchev–Trinajstić information content (AvgIpc) is 3.20. The Morgan fingerprint density at radius 2 is 2.04 bits per heavy atom. The fourth-order valence-electron chi connectivity index (χ4n) is 3.66. The van der Waals surface area contributed by atoms with Crippen molar-refractivity contribution < 1.29 is 9.90 Å². The monoisotopic (exact) mass is 425 g/mol. The number of unbranched alkanes of at least 4 members (excludes halogenated alkanes) is 1. The van der Waals surface area contributed by atoms with Crippen LogP contribution in [-0.4, -0.2) is 32.7 Å². The Morgan fingerprint density at radius 3 is 2.78 bits per heavy atom. The molecule has 0 saturated heterocycles. The van der Waals surface area contributed by atoms with E-state index < -0.39 is 0 Å². The zero-order chi connectivity index (χ0) is 19.0. The lowest BCUT2D eigenvalue weighted by molar-refractivity contribution is 0.0741. The summed E-state index contributed by atoms with van der Waals surface area (Å²) in [4.78, 5) is 15.0. The fraction of sp³-hybridized carbons (Fsp3) is 0.238. The number of carbonyl (C=O) groups excluding carboxylic acids is 1. The molecule has 0 unspecified atom stereocenters. The first-order valence-corrected chi connectivity index (χ1v) is 9.84. The lowest BCUT2D eigenvalue weighted by atomic mass is 9.95. The number of phenols is 1. The third-order valence-electron chi connectivity index (χ3n) is 4.94. The number of H-pyrrole nitrogens is 1. The minimum atomic E-state index is -0.232. The number of benzene rings is 2. The van der Waals surface area contributed by atoms with Gasteiger partial charge in [0.1, 0.15) is 17.1 Å². The van der Waals surface area contributed by atoms with Crippen LogP contribution in [-0.2, 0) is 0 Å². The summed E-state index contributed by atoms with van der Waals surface area (Å²) in [5.41, 5.74) is 3.61. The molecule has 1 amide bonds. The number of carbonyl (C=O) groups is 1. The minimum Gasteiger partial charge on any atom is -0.507 e. The largest absolute Gasteiger partial charge is 0.507 e. The molecule has 0 spiro atoms. The number of aromatic amines is 1. The highest BCUT2D eigenvalue weighted by atomic mass is 79.9. The molecule has 1 atom stereocenters. The van der Waals surface area contributed by atoms with Crippen LogP contribution in [0.4, 0.5) is 0 Å². The first-order valence-electron chi connectivity index (χ1n) is 9.05.